The van der Waals surface area contributed by atoms with Gasteiger partial charge in [-0.1, -0.05) is 12.8 Å². The fourth-order valence-corrected chi connectivity index (χ4v) is 2.77. The number of nitrogens with one attached hydrogen (secondary N) is 1. The number of fused-ring (bicyclic) bond motifs is 1. The minimum absolute atomic E-state index is 0.402. The van der Waals surface area contributed by atoms with Gasteiger partial charge in [0.1, 0.15) is 5.52 Å². The van der Waals surface area contributed by atoms with Crippen LogP contribution in [-0.2, 0) is 0 Å². The molecule has 1 aliphatic heterocycles. The summed E-state index contributed by atoms with van der Waals surface area (Å²) in [5.41, 5.74) is 6.37. The smallest absolute Gasteiger partial charge is 0.152 e. The average molecular weight is 245 g/mol. The van der Waals surface area contributed by atoms with Crippen LogP contribution in [0.15, 0.2) is 29.0 Å². The highest BCUT2D eigenvalue weighted by atomic mass is 16.3. The molecule has 4 nitrogen and oxygen atoms in total. The van der Waals surface area contributed by atoms with E-state index in [1.165, 1.54) is 31.2 Å². The lowest BCUT2D eigenvalue weighted by Crippen LogP contribution is -2.38. The fraction of sp³-hybridized carbons (Fsp3) is 0.500. The molecule has 0 radical (unpaired) electrons. The Kier molecular flexibility index (Phi) is 3.30. The van der Waals surface area contributed by atoms with Crippen molar-refractivity contribution in [2.45, 2.75) is 31.7 Å². The first kappa shape index (κ1) is 11.7. The van der Waals surface area contributed by atoms with Crippen molar-refractivity contribution in [2.24, 2.45) is 0 Å². The molecule has 1 atom stereocenters. The maximum Gasteiger partial charge on any atom is 0.152 e. The third-order valence-corrected chi connectivity index (χ3v) is 3.75. The van der Waals surface area contributed by atoms with Crippen LogP contribution in [-0.4, -0.2) is 23.6 Å². The average Bonchev–Trinajstić information content (AvgIpc) is 2.74. The highest BCUT2D eigenvalue weighted by Crippen LogP contribution is 2.29. The molecule has 0 unspecified atom stereocenters. The summed E-state index contributed by atoms with van der Waals surface area (Å²) < 4.78 is 5.45. The number of rotatable bonds is 2. The van der Waals surface area contributed by atoms with Gasteiger partial charge in [-0.2, -0.15) is 0 Å². The Morgan fingerprint density at radius 2 is 2.33 bits per heavy atom. The van der Waals surface area contributed by atoms with Gasteiger partial charge < -0.3 is 4.42 Å². The fourth-order valence-electron chi connectivity index (χ4n) is 2.77. The van der Waals surface area contributed by atoms with Gasteiger partial charge in [-0.25, -0.2) is 5.01 Å². The molecule has 0 amide bonds. The zero-order valence-corrected chi connectivity index (χ0v) is 10.7. The van der Waals surface area contributed by atoms with Crippen LogP contribution in [0.1, 0.15) is 37.3 Å². The van der Waals surface area contributed by atoms with E-state index in [4.69, 9.17) is 4.42 Å². The third kappa shape index (κ3) is 2.13. The van der Waals surface area contributed by atoms with Crippen LogP contribution in [0.4, 0.5) is 0 Å². The van der Waals surface area contributed by atoms with Crippen molar-refractivity contribution in [1.29, 1.82) is 0 Å². The Hall–Kier alpha value is -1.39. The zero-order chi connectivity index (χ0) is 12.4. The Balaban J connectivity index is 1.94. The largest absolute Gasteiger partial charge is 0.463 e. The van der Waals surface area contributed by atoms with E-state index in [9.17, 15) is 0 Å². The van der Waals surface area contributed by atoms with Crippen LogP contribution in [0.25, 0.3) is 11.1 Å². The lowest BCUT2D eigenvalue weighted by molar-refractivity contribution is 0.142. The van der Waals surface area contributed by atoms with Crippen molar-refractivity contribution in [3.05, 3.63) is 30.2 Å². The molecular weight excluding hydrogens is 226 g/mol. The lowest BCUT2D eigenvalue weighted by Gasteiger charge is -2.28. The predicted molar refractivity (Wildman–Crippen MR) is 71.0 cm³/mol. The molecule has 18 heavy (non-hydrogen) atoms. The van der Waals surface area contributed by atoms with Crippen molar-refractivity contribution >= 4 is 11.1 Å². The summed E-state index contributed by atoms with van der Waals surface area (Å²) in [6.07, 6.45) is 8.70. The van der Waals surface area contributed by atoms with Crippen LogP contribution in [0.2, 0.25) is 0 Å². The number of hydrogen-bond acceptors (Lipinski definition) is 4. The van der Waals surface area contributed by atoms with Gasteiger partial charge in [-0.3, -0.25) is 10.4 Å². The second kappa shape index (κ2) is 5.08. The van der Waals surface area contributed by atoms with Crippen LogP contribution in [0.5, 0.6) is 0 Å². The van der Waals surface area contributed by atoms with E-state index in [1.807, 2.05) is 19.3 Å². The molecule has 96 valence electrons. The van der Waals surface area contributed by atoms with E-state index in [0.29, 0.717) is 6.04 Å². The van der Waals surface area contributed by atoms with E-state index in [1.54, 1.807) is 6.26 Å². The standard InChI is InChI=1S/C14H19N3O/c1-15-17-7-4-2-3-5-13(17)11-9-14-12(16-10-11)6-8-18-14/h6,8-10,13,15H,2-5,7H2,1H3/t13-/m0/s1. The van der Waals surface area contributed by atoms with Crippen molar-refractivity contribution in [2.75, 3.05) is 13.6 Å². The summed E-state index contributed by atoms with van der Waals surface area (Å²) in [4.78, 5) is 4.47. The Morgan fingerprint density at radius 3 is 3.22 bits per heavy atom. The molecule has 2 aromatic heterocycles. The summed E-state index contributed by atoms with van der Waals surface area (Å²) >= 11 is 0. The quantitative estimate of drug-likeness (QED) is 0.883. The molecule has 3 rings (SSSR count). The topological polar surface area (TPSA) is 41.3 Å². The first-order valence-electron chi connectivity index (χ1n) is 6.65. The maximum absolute atomic E-state index is 5.45. The number of pyridine rings is 1. The number of furan rings is 1. The Morgan fingerprint density at radius 1 is 1.39 bits per heavy atom. The molecule has 1 aliphatic rings. The molecule has 0 aliphatic carbocycles. The Labute approximate surface area is 107 Å². The minimum Gasteiger partial charge on any atom is -0.463 e. The molecule has 2 aromatic rings. The molecular formula is C14H19N3O. The Bertz CT molecular complexity index is 522. The van der Waals surface area contributed by atoms with Crippen LogP contribution >= 0.6 is 0 Å². The second-order valence-electron chi connectivity index (χ2n) is 4.85. The zero-order valence-electron chi connectivity index (χ0n) is 10.7. The van der Waals surface area contributed by atoms with E-state index in [-0.39, 0.29) is 0 Å². The minimum atomic E-state index is 0.402. The van der Waals surface area contributed by atoms with Gasteiger partial charge in [0.2, 0.25) is 0 Å². The molecule has 0 aromatic carbocycles. The summed E-state index contributed by atoms with van der Waals surface area (Å²) in [6.45, 7) is 1.09. The van der Waals surface area contributed by atoms with Gasteiger partial charge in [-0.05, 0) is 31.5 Å². The SMILES string of the molecule is CNN1CCCCC[C@H]1c1cnc2ccoc2c1. The monoisotopic (exact) mass is 245 g/mol. The molecule has 1 saturated heterocycles. The second-order valence-corrected chi connectivity index (χ2v) is 4.85. The summed E-state index contributed by atoms with van der Waals surface area (Å²) in [6, 6.07) is 4.43. The van der Waals surface area contributed by atoms with Crippen molar-refractivity contribution in [3.8, 4) is 0 Å². The third-order valence-electron chi connectivity index (χ3n) is 3.75. The first-order chi connectivity index (χ1) is 8.88. The van der Waals surface area contributed by atoms with Gasteiger partial charge in [0.25, 0.3) is 0 Å². The van der Waals surface area contributed by atoms with Crippen molar-refractivity contribution in [3.63, 3.8) is 0 Å². The van der Waals surface area contributed by atoms with E-state index < -0.39 is 0 Å². The molecule has 0 bridgehead atoms. The van der Waals surface area contributed by atoms with Crippen molar-refractivity contribution in [1.82, 2.24) is 15.4 Å². The van der Waals surface area contributed by atoms with Gasteiger partial charge in [0.15, 0.2) is 5.58 Å². The van der Waals surface area contributed by atoms with E-state index >= 15 is 0 Å². The highest BCUT2D eigenvalue weighted by Gasteiger charge is 2.22. The normalized spacial score (nSPS) is 22.2. The summed E-state index contributed by atoms with van der Waals surface area (Å²) in [7, 11) is 2.00. The van der Waals surface area contributed by atoms with Crippen LogP contribution < -0.4 is 5.43 Å². The highest BCUT2D eigenvalue weighted by molar-refractivity contribution is 5.72. The van der Waals surface area contributed by atoms with Crippen molar-refractivity contribution < 1.29 is 4.42 Å². The summed E-state index contributed by atoms with van der Waals surface area (Å²) in [5.74, 6) is 0. The van der Waals surface area contributed by atoms with E-state index in [2.05, 4.69) is 21.5 Å². The van der Waals surface area contributed by atoms with E-state index in [0.717, 1.165) is 17.6 Å². The van der Waals surface area contributed by atoms with Crippen LogP contribution in [0, 0.1) is 0 Å². The lowest BCUT2D eigenvalue weighted by atomic mass is 10.0. The first-order valence-corrected chi connectivity index (χ1v) is 6.65. The van der Waals surface area contributed by atoms with Gasteiger partial charge in [0, 0.05) is 18.8 Å². The maximum atomic E-state index is 5.45. The van der Waals surface area contributed by atoms with Gasteiger partial charge >= 0.3 is 0 Å². The van der Waals surface area contributed by atoms with Crippen LogP contribution in [0.3, 0.4) is 0 Å². The molecule has 0 saturated carbocycles. The number of aromatic nitrogens is 1. The number of nitrogens with zero attached hydrogens (tertiary/aromatic N) is 2. The molecule has 0 spiro atoms. The molecule has 4 heteroatoms. The predicted octanol–water partition coefficient (Wildman–Crippen LogP) is 2.88. The molecule has 3 heterocycles. The van der Waals surface area contributed by atoms with Gasteiger partial charge in [-0.15, -0.1) is 0 Å². The summed E-state index contributed by atoms with van der Waals surface area (Å²) in [5, 5.41) is 2.32. The molecule has 1 N–H and O–H groups in total. The molecule has 1 fully saturated rings. The number of hydrazine groups is 1. The van der Waals surface area contributed by atoms with Gasteiger partial charge in [0.05, 0.1) is 12.3 Å². The number of hydrogen-bond donors (Lipinski definition) is 1.